The van der Waals surface area contributed by atoms with Crippen molar-refractivity contribution in [1.29, 1.82) is 0 Å². The van der Waals surface area contributed by atoms with E-state index in [9.17, 15) is 14.0 Å². The molecule has 2 amide bonds. The van der Waals surface area contributed by atoms with Crippen LogP contribution in [0.1, 0.15) is 11.1 Å². The molecule has 5 nitrogen and oxygen atoms in total. The average Bonchev–Trinajstić information content (AvgIpc) is 2.91. The summed E-state index contributed by atoms with van der Waals surface area (Å²) in [6.07, 6.45) is 1.55. The highest BCUT2D eigenvalue weighted by molar-refractivity contribution is 8.18. The lowest BCUT2D eigenvalue weighted by Gasteiger charge is -2.14. The molecule has 2 aromatic carbocycles. The fraction of sp³-hybridized carbons (Fsp3) is 0.158. The number of halogens is 2. The molecule has 0 unspecified atom stereocenters. The van der Waals surface area contributed by atoms with Gasteiger partial charge in [-0.15, -0.1) is 0 Å². The van der Waals surface area contributed by atoms with Gasteiger partial charge in [0.2, 0.25) is 0 Å². The van der Waals surface area contributed by atoms with Gasteiger partial charge in [0.15, 0.2) is 0 Å². The molecule has 1 aliphatic rings. The van der Waals surface area contributed by atoms with Crippen molar-refractivity contribution in [1.82, 2.24) is 4.90 Å². The molecule has 140 valence electrons. The van der Waals surface area contributed by atoms with Crippen molar-refractivity contribution in [3.8, 4) is 11.5 Å². The molecule has 0 atom stereocenters. The minimum Gasteiger partial charge on any atom is -0.497 e. The van der Waals surface area contributed by atoms with Gasteiger partial charge in [0.05, 0.1) is 25.7 Å². The first-order chi connectivity index (χ1) is 12.9. The van der Waals surface area contributed by atoms with Gasteiger partial charge in [0, 0.05) is 16.1 Å². The van der Waals surface area contributed by atoms with Crippen molar-refractivity contribution in [2.24, 2.45) is 0 Å². The lowest BCUT2D eigenvalue weighted by Crippen LogP contribution is -2.28. The summed E-state index contributed by atoms with van der Waals surface area (Å²) in [7, 11) is 3.03. The Morgan fingerprint density at radius 1 is 1.19 bits per heavy atom. The van der Waals surface area contributed by atoms with Gasteiger partial charge < -0.3 is 9.47 Å². The molecule has 0 radical (unpaired) electrons. The van der Waals surface area contributed by atoms with Gasteiger partial charge in [0.1, 0.15) is 17.3 Å². The minimum absolute atomic E-state index is 0.0988. The van der Waals surface area contributed by atoms with E-state index in [1.807, 2.05) is 0 Å². The predicted octanol–water partition coefficient (Wildman–Crippen LogP) is 4.73. The maximum absolute atomic E-state index is 14.0. The topological polar surface area (TPSA) is 55.8 Å². The second kappa shape index (κ2) is 8.02. The number of thioether (sulfide) groups is 1. The zero-order chi connectivity index (χ0) is 19.6. The molecule has 1 heterocycles. The molecule has 2 aromatic rings. The van der Waals surface area contributed by atoms with Crippen molar-refractivity contribution in [3.63, 3.8) is 0 Å². The molecule has 3 rings (SSSR count). The largest absolute Gasteiger partial charge is 0.497 e. The summed E-state index contributed by atoms with van der Waals surface area (Å²) in [5.74, 6) is 0.0216. The van der Waals surface area contributed by atoms with E-state index in [-0.39, 0.29) is 22.0 Å². The van der Waals surface area contributed by atoms with Gasteiger partial charge >= 0.3 is 0 Å². The predicted molar refractivity (Wildman–Crippen MR) is 102 cm³/mol. The molecule has 0 bridgehead atoms. The Bertz CT molecular complexity index is 927. The number of hydrogen-bond donors (Lipinski definition) is 0. The second-order valence-corrected chi connectivity index (χ2v) is 6.98. The molecule has 0 saturated carbocycles. The Hall–Kier alpha value is -2.51. The van der Waals surface area contributed by atoms with Crippen LogP contribution in [0.15, 0.2) is 41.3 Å². The highest BCUT2D eigenvalue weighted by Gasteiger charge is 2.36. The number of carbonyl (C=O) groups excluding carboxylic acids is 2. The van der Waals surface area contributed by atoms with Crippen molar-refractivity contribution in [2.75, 3.05) is 14.2 Å². The molecule has 0 N–H and O–H groups in total. The number of hydrogen-bond acceptors (Lipinski definition) is 5. The minimum atomic E-state index is -0.569. The van der Waals surface area contributed by atoms with Gasteiger partial charge in [-0.1, -0.05) is 17.7 Å². The van der Waals surface area contributed by atoms with E-state index in [0.29, 0.717) is 17.1 Å². The molecular weight excluding hydrogens is 393 g/mol. The first kappa shape index (κ1) is 19.3. The van der Waals surface area contributed by atoms with Crippen LogP contribution in [0.3, 0.4) is 0 Å². The molecule has 1 saturated heterocycles. The number of rotatable bonds is 5. The smallest absolute Gasteiger partial charge is 0.293 e. The molecule has 1 aliphatic heterocycles. The third-order valence-corrected chi connectivity index (χ3v) is 5.24. The number of ether oxygens (including phenoxy) is 2. The van der Waals surface area contributed by atoms with Crippen LogP contribution in [0.4, 0.5) is 9.18 Å². The summed E-state index contributed by atoms with van der Waals surface area (Å²) in [6, 6.07) is 9.33. The normalized spacial score (nSPS) is 15.6. The third kappa shape index (κ3) is 3.94. The van der Waals surface area contributed by atoms with Crippen LogP contribution >= 0.6 is 23.4 Å². The van der Waals surface area contributed by atoms with Gasteiger partial charge in [-0.3, -0.25) is 14.5 Å². The summed E-state index contributed by atoms with van der Waals surface area (Å²) in [4.78, 5) is 26.1. The first-order valence-electron chi connectivity index (χ1n) is 7.85. The van der Waals surface area contributed by atoms with Gasteiger partial charge in [0.25, 0.3) is 11.1 Å². The molecule has 0 aliphatic carbocycles. The quantitative estimate of drug-likeness (QED) is 0.670. The van der Waals surface area contributed by atoms with Gasteiger partial charge in [-0.2, -0.15) is 0 Å². The molecular formula is C19H15ClFNO4S. The summed E-state index contributed by atoms with van der Waals surface area (Å²) < 4.78 is 24.5. The zero-order valence-corrected chi connectivity index (χ0v) is 16.1. The molecule has 8 heteroatoms. The van der Waals surface area contributed by atoms with Crippen LogP contribution in [0.2, 0.25) is 5.02 Å². The van der Waals surface area contributed by atoms with Crippen molar-refractivity contribution in [2.45, 2.75) is 6.54 Å². The average molecular weight is 408 g/mol. The van der Waals surface area contributed by atoms with Crippen LogP contribution in [0, 0.1) is 5.82 Å². The standard InChI is InChI=1S/C19H15ClFNO4S/c1-25-12-6-7-16(26-2)11(8-12)9-17-18(23)22(19(24)27-17)10-13-14(20)4-3-5-15(13)21/h3-9H,10H2,1-2H3/b17-9-. The lowest BCUT2D eigenvalue weighted by molar-refractivity contribution is -0.123. The Kier molecular flexibility index (Phi) is 5.72. The van der Waals surface area contributed by atoms with Crippen LogP contribution < -0.4 is 9.47 Å². The first-order valence-corrected chi connectivity index (χ1v) is 9.04. The second-order valence-electron chi connectivity index (χ2n) is 5.58. The Labute approximate surface area is 164 Å². The Balaban J connectivity index is 1.91. The summed E-state index contributed by atoms with van der Waals surface area (Å²) in [5, 5.41) is -0.333. The number of carbonyl (C=O) groups is 2. The summed E-state index contributed by atoms with van der Waals surface area (Å²) in [5.41, 5.74) is 0.688. The van der Waals surface area contributed by atoms with E-state index >= 15 is 0 Å². The monoisotopic (exact) mass is 407 g/mol. The van der Waals surface area contributed by atoms with E-state index in [0.717, 1.165) is 16.7 Å². The maximum Gasteiger partial charge on any atom is 0.293 e. The lowest BCUT2D eigenvalue weighted by atomic mass is 10.1. The van der Waals surface area contributed by atoms with Crippen LogP contribution in [-0.2, 0) is 11.3 Å². The van der Waals surface area contributed by atoms with Crippen molar-refractivity contribution < 1.29 is 23.5 Å². The van der Waals surface area contributed by atoms with Gasteiger partial charge in [-0.25, -0.2) is 4.39 Å². The fourth-order valence-corrected chi connectivity index (χ4v) is 3.62. The molecule has 0 spiro atoms. The van der Waals surface area contributed by atoms with Crippen LogP contribution in [0.25, 0.3) is 6.08 Å². The molecule has 1 fully saturated rings. The van der Waals surface area contributed by atoms with E-state index < -0.39 is 17.0 Å². The van der Waals surface area contributed by atoms with E-state index in [4.69, 9.17) is 21.1 Å². The van der Waals surface area contributed by atoms with E-state index in [2.05, 4.69) is 0 Å². The van der Waals surface area contributed by atoms with Crippen LogP contribution in [-0.4, -0.2) is 30.3 Å². The summed E-state index contributed by atoms with van der Waals surface area (Å²) in [6.45, 7) is -0.233. The number of methoxy groups -OCH3 is 2. The van der Waals surface area contributed by atoms with Crippen molar-refractivity contribution in [3.05, 3.63) is 63.3 Å². The van der Waals surface area contributed by atoms with E-state index in [1.54, 1.807) is 24.3 Å². The fourth-order valence-electron chi connectivity index (χ4n) is 2.57. The number of nitrogens with zero attached hydrogens (tertiary/aromatic N) is 1. The SMILES string of the molecule is COc1ccc(OC)c(/C=C2\SC(=O)N(Cc3c(F)cccc3Cl)C2=O)c1. The Morgan fingerprint density at radius 2 is 1.96 bits per heavy atom. The zero-order valence-electron chi connectivity index (χ0n) is 14.5. The van der Waals surface area contributed by atoms with Gasteiger partial charge in [-0.05, 0) is 48.2 Å². The molecule has 27 heavy (non-hydrogen) atoms. The number of imide groups is 1. The molecule has 0 aromatic heterocycles. The highest BCUT2D eigenvalue weighted by atomic mass is 35.5. The van der Waals surface area contributed by atoms with Crippen molar-refractivity contribution >= 4 is 40.6 Å². The highest BCUT2D eigenvalue weighted by Crippen LogP contribution is 2.36. The van der Waals surface area contributed by atoms with E-state index in [1.165, 1.54) is 32.4 Å². The Morgan fingerprint density at radius 3 is 2.63 bits per heavy atom. The maximum atomic E-state index is 14.0. The number of amides is 2. The third-order valence-electron chi connectivity index (χ3n) is 3.97. The number of benzene rings is 2. The summed E-state index contributed by atoms with van der Waals surface area (Å²) >= 11 is 6.78. The van der Waals surface area contributed by atoms with Crippen LogP contribution in [0.5, 0.6) is 11.5 Å².